The van der Waals surface area contributed by atoms with Crippen LogP contribution in [-0.4, -0.2) is 31.1 Å². The van der Waals surface area contributed by atoms with Gasteiger partial charge in [-0.15, -0.1) is 0 Å². The average Bonchev–Trinajstić information content (AvgIpc) is 2.70. The van der Waals surface area contributed by atoms with E-state index in [1.807, 2.05) is 0 Å². The van der Waals surface area contributed by atoms with E-state index in [4.69, 9.17) is 27.8 Å². The second kappa shape index (κ2) is 5.40. The van der Waals surface area contributed by atoms with E-state index in [1.165, 1.54) is 12.1 Å². The lowest BCUT2D eigenvalue weighted by Gasteiger charge is -2.25. The number of amides is 2. The number of nitrogens with one attached hydrogen (secondary N) is 1. The smallest absolute Gasteiger partial charge is 0.250 e. The number of halogens is 1. The van der Waals surface area contributed by atoms with Crippen molar-refractivity contribution in [2.75, 3.05) is 18.5 Å². The van der Waals surface area contributed by atoms with Crippen molar-refractivity contribution < 1.29 is 14.3 Å². The summed E-state index contributed by atoms with van der Waals surface area (Å²) in [5, 5.41) is 2.91. The van der Waals surface area contributed by atoms with Crippen LogP contribution in [0.3, 0.4) is 0 Å². The molecule has 1 aromatic rings. The van der Waals surface area contributed by atoms with Gasteiger partial charge >= 0.3 is 0 Å². The minimum Gasteiger partial charge on any atom is -0.379 e. The van der Waals surface area contributed by atoms with E-state index in [-0.39, 0.29) is 29.1 Å². The summed E-state index contributed by atoms with van der Waals surface area (Å²) in [6.07, 6.45) is 0. The molecule has 5 N–H and O–H groups in total. The summed E-state index contributed by atoms with van der Waals surface area (Å²) in [5.41, 5.74) is 10.9. The van der Waals surface area contributed by atoms with Crippen LogP contribution in [0.25, 0.3) is 0 Å². The van der Waals surface area contributed by atoms with Crippen molar-refractivity contribution >= 4 is 29.1 Å². The van der Waals surface area contributed by atoms with Gasteiger partial charge in [-0.25, -0.2) is 0 Å². The Labute approximate surface area is 121 Å². The van der Waals surface area contributed by atoms with Crippen LogP contribution in [-0.2, 0) is 9.53 Å². The molecule has 2 rings (SSSR count). The van der Waals surface area contributed by atoms with Gasteiger partial charge in [0.05, 0.1) is 29.2 Å². The van der Waals surface area contributed by atoms with Crippen molar-refractivity contribution in [1.82, 2.24) is 0 Å². The van der Waals surface area contributed by atoms with Gasteiger partial charge in [0.25, 0.3) is 0 Å². The fourth-order valence-corrected chi connectivity index (χ4v) is 2.26. The molecule has 0 aromatic heterocycles. The van der Waals surface area contributed by atoms with Crippen LogP contribution in [0.4, 0.5) is 5.69 Å². The first-order valence-corrected chi connectivity index (χ1v) is 6.46. The SMILES string of the molecule is CC1(C(=O)Nc2ccc(C(N)=O)c(Cl)c2)COCC1N. The summed E-state index contributed by atoms with van der Waals surface area (Å²) < 4.78 is 5.23. The molecule has 1 aromatic carbocycles. The molecule has 0 saturated carbocycles. The Balaban J connectivity index is 2.16. The summed E-state index contributed by atoms with van der Waals surface area (Å²) in [6.45, 7) is 2.37. The lowest BCUT2D eigenvalue weighted by Crippen LogP contribution is -2.47. The number of hydrogen-bond donors (Lipinski definition) is 3. The van der Waals surface area contributed by atoms with Crippen LogP contribution < -0.4 is 16.8 Å². The molecule has 2 atom stereocenters. The molecule has 1 aliphatic rings. The van der Waals surface area contributed by atoms with E-state index < -0.39 is 11.3 Å². The molecule has 0 aliphatic carbocycles. The Morgan fingerprint density at radius 3 is 2.70 bits per heavy atom. The van der Waals surface area contributed by atoms with Crippen LogP contribution in [0.1, 0.15) is 17.3 Å². The highest BCUT2D eigenvalue weighted by Crippen LogP contribution is 2.29. The van der Waals surface area contributed by atoms with E-state index in [0.717, 1.165) is 0 Å². The second-order valence-corrected chi connectivity index (χ2v) is 5.46. The van der Waals surface area contributed by atoms with Gasteiger partial charge in [-0.2, -0.15) is 0 Å². The monoisotopic (exact) mass is 297 g/mol. The highest BCUT2D eigenvalue weighted by atomic mass is 35.5. The molecular formula is C13H16ClN3O3. The minimum atomic E-state index is -0.783. The van der Waals surface area contributed by atoms with Gasteiger partial charge in [0.1, 0.15) is 0 Å². The maximum absolute atomic E-state index is 12.3. The number of ether oxygens (including phenoxy) is 1. The fourth-order valence-electron chi connectivity index (χ4n) is 1.99. The Hall–Kier alpha value is -1.63. The fraction of sp³-hybridized carbons (Fsp3) is 0.385. The van der Waals surface area contributed by atoms with E-state index >= 15 is 0 Å². The highest BCUT2D eigenvalue weighted by molar-refractivity contribution is 6.34. The Kier molecular flexibility index (Phi) is 3.99. The van der Waals surface area contributed by atoms with Crippen molar-refractivity contribution in [3.8, 4) is 0 Å². The third-order valence-corrected chi connectivity index (χ3v) is 3.84. The molecule has 2 unspecified atom stereocenters. The Morgan fingerprint density at radius 1 is 1.50 bits per heavy atom. The van der Waals surface area contributed by atoms with E-state index in [0.29, 0.717) is 12.3 Å². The summed E-state index contributed by atoms with van der Waals surface area (Å²) in [6, 6.07) is 4.15. The lowest BCUT2D eigenvalue weighted by molar-refractivity contribution is -0.125. The summed E-state index contributed by atoms with van der Waals surface area (Å²) in [4.78, 5) is 23.3. The molecule has 1 fully saturated rings. The molecule has 6 nitrogen and oxygen atoms in total. The van der Waals surface area contributed by atoms with Crippen molar-refractivity contribution in [3.05, 3.63) is 28.8 Å². The zero-order valence-electron chi connectivity index (χ0n) is 11.0. The van der Waals surface area contributed by atoms with Crippen molar-refractivity contribution in [2.45, 2.75) is 13.0 Å². The van der Waals surface area contributed by atoms with Crippen LogP contribution in [0, 0.1) is 5.41 Å². The maximum Gasteiger partial charge on any atom is 0.250 e. The Bertz CT molecular complexity index is 564. The third kappa shape index (κ3) is 2.63. The summed E-state index contributed by atoms with van der Waals surface area (Å²) in [5.74, 6) is -0.864. The zero-order chi connectivity index (χ0) is 14.9. The number of carbonyl (C=O) groups is 2. The number of hydrogen-bond acceptors (Lipinski definition) is 4. The van der Waals surface area contributed by atoms with Gasteiger partial charge in [0.15, 0.2) is 0 Å². The van der Waals surface area contributed by atoms with Gasteiger partial charge in [-0.3, -0.25) is 9.59 Å². The van der Waals surface area contributed by atoms with Crippen LogP contribution in [0.5, 0.6) is 0 Å². The van der Waals surface area contributed by atoms with Crippen molar-refractivity contribution in [2.24, 2.45) is 16.9 Å². The predicted octanol–water partition coefficient (Wildman–Crippen LogP) is 0.741. The normalized spacial score (nSPS) is 25.4. The second-order valence-electron chi connectivity index (χ2n) is 5.05. The molecule has 1 aliphatic heterocycles. The molecule has 1 heterocycles. The van der Waals surface area contributed by atoms with E-state index in [2.05, 4.69) is 5.32 Å². The predicted molar refractivity (Wildman–Crippen MR) is 75.5 cm³/mol. The van der Waals surface area contributed by atoms with Crippen LogP contribution in [0.15, 0.2) is 18.2 Å². The number of nitrogens with two attached hydrogens (primary N) is 2. The van der Waals surface area contributed by atoms with E-state index in [1.54, 1.807) is 13.0 Å². The number of benzene rings is 1. The first-order valence-electron chi connectivity index (χ1n) is 6.09. The van der Waals surface area contributed by atoms with Crippen LogP contribution >= 0.6 is 11.6 Å². The third-order valence-electron chi connectivity index (χ3n) is 3.53. The summed E-state index contributed by atoms with van der Waals surface area (Å²) in [7, 11) is 0. The number of rotatable bonds is 3. The highest BCUT2D eigenvalue weighted by Gasteiger charge is 2.44. The standard InChI is InChI=1S/C13H16ClN3O3/c1-13(6-20-5-10(13)15)12(19)17-7-2-3-8(11(16)18)9(14)4-7/h2-4,10H,5-6,15H2,1H3,(H2,16,18)(H,17,19). The van der Waals surface area contributed by atoms with Gasteiger partial charge in [0, 0.05) is 11.7 Å². The average molecular weight is 298 g/mol. The molecule has 20 heavy (non-hydrogen) atoms. The zero-order valence-corrected chi connectivity index (χ0v) is 11.7. The first-order chi connectivity index (χ1) is 9.34. The number of carbonyl (C=O) groups excluding carboxylic acids is 2. The molecule has 7 heteroatoms. The van der Waals surface area contributed by atoms with Crippen LogP contribution in [0.2, 0.25) is 5.02 Å². The van der Waals surface area contributed by atoms with Gasteiger partial charge in [-0.05, 0) is 25.1 Å². The molecule has 0 spiro atoms. The number of primary amides is 1. The quantitative estimate of drug-likeness (QED) is 0.764. The minimum absolute atomic E-state index is 0.187. The molecule has 108 valence electrons. The van der Waals surface area contributed by atoms with E-state index in [9.17, 15) is 9.59 Å². The summed E-state index contributed by atoms with van der Waals surface area (Å²) >= 11 is 5.93. The lowest BCUT2D eigenvalue weighted by atomic mass is 9.85. The van der Waals surface area contributed by atoms with Crippen molar-refractivity contribution in [1.29, 1.82) is 0 Å². The number of anilines is 1. The largest absolute Gasteiger partial charge is 0.379 e. The van der Waals surface area contributed by atoms with Crippen molar-refractivity contribution in [3.63, 3.8) is 0 Å². The molecule has 0 bridgehead atoms. The molecule has 0 radical (unpaired) electrons. The van der Waals surface area contributed by atoms with Gasteiger partial charge in [-0.1, -0.05) is 11.6 Å². The molecule has 2 amide bonds. The molecular weight excluding hydrogens is 282 g/mol. The first kappa shape index (κ1) is 14.8. The Morgan fingerprint density at radius 2 is 2.20 bits per heavy atom. The topological polar surface area (TPSA) is 107 Å². The van der Waals surface area contributed by atoms with Gasteiger partial charge in [0.2, 0.25) is 11.8 Å². The van der Waals surface area contributed by atoms with Gasteiger partial charge < -0.3 is 21.5 Å². The maximum atomic E-state index is 12.3. The molecule has 1 saturated heterocycles.